The number of nitrogens with zero attached hydrogens (tertiary/aromatic N) is 1. The number of sulfonamides is 1. The lowest BCUT2D eigenvalue weighted by molar-refractivity contribution is 0.313. The van der Waals surface area contributed by atoms with E-state index in [4.69, 9.17) is 11.6 Å². The molecule has 1 atom stereocenters. The first-order valence-electron chi connectivity index (χ1n) is 6.58. The summed E-state index contributed by atoms with van der Waals surface area (Å²) in [7, 11) is -3.51. The molecule has 1 aliphatic heterocycles. The zero-order valence-corrected chi connectivity index (χ0v) is 14.4. The molecule has 20 heavy (non-hydrogen) atoms. The molecular formula is C13H18BrClN2O2S. The van der Waals surface area contributed by atoms with Crippen LogP contribution in [0.15, 0.2) is 27.6 Å². The quantitative estimate of drug-likeness (QED) is 0.853. The largest absolute Gasteiger partial charge is 0.302 e. The van der Waals surface area contributed by atoms with E-state index in [0.29, 0.717) is 9.50 Å². The molecule has 0 radical (unpaired) electrons. The van der Waals surface area contributed by atoms with E-state index in [1.54, 1.807) is 6.07 Å². The van der Waals surface area contributed by atoms with Gasteiger partial charge in [0.15, 0.2) is 0 Å². The van der Waals surface area contributed by atoms with E-state index in [2.05, 4.69) is 25.6 Å². The average molecular weight is 382 g/mol. The van der Waals surface area contributed by atoms with Gasteiger partial charge in [-0.15, -0.1) is 0 Å². The van der Waals surface area contributed by atoms with Gasteiger partial charge in [-0.05, 0) is 67.0 Å². The molecule has 0 amide bonds. The second-order valence-corrected chi connectivity index (χ2v) is 8.08. The van der Waals surface area contributed by atoms with Gasteiger partial charge in [0.1, 0.15) is 0 Å². The maximum Gasteiger partial charge on any atom is 0.240 e. The Hall–Kier alpha value is -0.140. The van der Waals surface area contributed by atoms with Crippen molar-refractivity contribution in [3.63, 3.8) is 0 Å². The van der Waals surface area contributed by atoms with Crippen LogP contribution in [0.5, 0.6) is 0 Å². The number of hydrogen-bond donors (Lipinski definition) is 1. The first kappa shape index (κ1) is 16.2. The highest BCUT2D eigenvalue weighted by Crippen LogP contribution is 2.25. The summed E-state index contributed by atoms with van der Waals surface area (Å²) in [6.07, 6.45) is 2.40. The smallest absolute Gasteiger partial charge is 0.240 e. The molecule has 4 nitrogen and oxygen atoms in total. The predicted molar refractivity (Wildman–Crippen MR) is 84.6 cm³/mol. The van der Waals surface area contributed by atoms with Gasteiger partial charge in [-0.3, -0.25) is 0 Å². The van der Waals surface area contributed by atoms with E-state index in [9.17, 15) is 8.42 Å². The highest BCUT2D eigenvalue weighted by Gasteiger charge is 2.21. The molecule has 1 aliphatic rings. The fraction of sp³-hybridized carbons (Fsp3) is 0.538. The van der Waals surface area contributed by atoms with Gasteiger partial charge in [0.2, 0.25) is 10.0 Å². The molecule has 0 aromatic heterocycles. The van der Waals surface area contributed by atoms with Crippen LogP contribution in [0.4, 0.5) is 0 Å². The van der Waals surface area contributed by atoms with Gasteiger partial charge in [0.25, 0.3) is 0 Å². The van der Waals surface area contributed by atoms with Crippen LogP contribution in [0.3, 0.4) is 0 Å². The van der Waals surface area contributed by atoms with Crippen LogP contribution in [0.2, 0.25) is 5.02 Å². The van der Waals surface area contributed by atoms with Gasteiger partial charge in [-0.1, -0.05) is 11.6 Å². The van der Waals surface area contributed by atoms with Crippen molar-refractivity contribution >= 4 is 37.6 Å². The van der Waals surface area contributed by atoms with Gasteiger partial charge in [0, 0.05) is 17.1 Å². The van der Waals surface area contributed by atoms with Gasteiger partial charge < -0.3 is 4.90 Å². The summed E-state index contributed by atoms with van der Waals surface area (Å²) in [5.41, 5.74) is 0. The maximum atomic E-state index is 12.3. The zero-order chi connectivity index (χ0) is 14.8. The molecule has 1 unspecified atom stereocenters. The number of rotatable bonds is 5. The first-order valence-corrected chi connectivity index (χ1v) is 9.23. The Morgan fingerprint density at radius 1 is 1.40 bits per heavy atom. The Morgan fingerprint density at radius 2 is 2.05 bits per heavy atom. The van der Waals surface area contributed by atoms with Crippen molar-refractivity contribution < 1.29 is 8.42 Å². The molecule has 1 fully saturated rings. The van der Waals surface area contributed by atoms with Crippen LogP contribution in [-0.2, 0) is 10.0 Å². The molecular weight excluding hydrogens is 364 g/mol. The van der Waals surface area contributed by atoms with Crippen LogP contribution in [0.25, 0.3) is 0 Å². The lowest BCUT2D eigenvalue weighted by Crippen LogP contribution is -2.41. The third-order valence-corrected chi connectivity index (χ3v) is 6.09. The maximum absolute atomic E-state index is 12.3. The van der Waals surface area contributed by atoms with Gasteiger partial charge in [-0.25, -0.2) is 13.1 Å². The highest BCUT2D eigenvalue weighted by molar-refractivity contribution is 9.10. The van der Waals surface area contributed by atoms with Crippen LogP contribution >= 0.6 is 27.5 Å². The lowest BCUT2D eigenvalue weighted by atomic mass is 10.3. The molecule has 112 valence electrons. The van der Waals surface area contributed by atoms with Crippen LogP contribution in [0.1, 0.15) is 19.8 Å². The minimum absolute atomic E-state index is 0.118. The van der Waals surface area contributed by atoms with Gasteiger partial charge in [-0.2, -0.15) is 0 Å². The Kier molecular flexibility index (Phi) is 5.48. The van der Waals surface area contributed by atoms with E-state index in [-0.39, 0.29) is 10.9 Å². The average Bonchev–Trinajstić information content (AvgIpc) is 2.84. The second-order valence-electron chi connectivity index (χ2n) is 5.11. The number of likely N-dealkylation sites (tertiary alicyclic amines) is 1. The van der Waals surface area contributed by atoms with Crippen molar-refractivity contribution in [1.82, 2.24) is 9.62 Å². The molecule has 1 saturated heterocycles. The van der Waals surface area contributed by atoms with Crippen molar-refractivity contribution in [3.8, 4) is 0 Å². The fourth-order valence-electron chi connectivity index (χ4n) is 2.37. The molecule has 1 N–H and O–H groups in total. The zero-order valence-electron chi connectivity index (χ0n) is 11.3. The summed E-state index contributed by atoms with van der Waals surface area (Å²) in [6.45, 7) is 4.74. The molecule has 0 spiro atoms. The molecule has 1 aromatic rings. The van der Waals surface area contributed by atoms with E-state index < -0.39 is 10.0 Å². The SMILES string of the molecule is CC(CN1CCCC1)NS(=O)(=O)c1ccc(Cl)c(Br)c1. The number of hydrogen-bond acceptors (Lipinski definition) is 3. The summed E-state index contributed by atoms with van der Waals surface area (Å²) >= 11 is 9.12. The molecule has 2 rings (SSSR count). The Bertz CT molecular complexity index is 574. The van der Waals surface area contributed by atoms with Crippen molar-refractivity contribution in [2.24, 2.45) is 0 Å². The summed E-state index contributed by atoms with van der Waals surface area (Å²) in [6, 6.07) is 4.49. The molecule has 1 heterocycles. The predicted octanol–water partition coefficient (Wildman–Crippen LogP) is 2.87. The van der Waals surface area contributed by atoms with Gasteiger partial charge in [0.05, 0.1) is 9.92 Å². The van der Waals surface area contributed by atoms with Crippen LogP contribution in [-0.4, -0.2) is 39.0 Å². The van der Waals surface area contributed by atoms with Crippen LogP contribution < -0.4 is 4.72 Å². The van der Waals surface area contributed by atoms with E-state index in [1.807, 2.05) is 6.92 Å². The van der Waals surface area contributed by atoms with Crippen molar-refractivity contribution in [2.45, 2.75) is 30.7 Å². The van der Waals surface area contributed by atoms with Crippen LogP contribution in [0, 0.1) is 0 Å². The van der Waals surface area contributed by atoms with Gasteiger partial charge >= 0.3 is 0 Å². The van der Waals surface area contributed by atoms with E-state index in [0.717, 1.165) is 19.6 Å². The Morgan fingerprint density at radius 3 is 2.65 bits per heavy atom. The number of halogens is 2. The lowest BCUT2D eigenvalue weighted by Gasteiger charge is -2.21. The molecule has 0 aliphatic carbocycles. The monoisotopic (exact) mass is 380 g/mol. The molecule has 7 heteroatoms. The Labute approximate surface area is 133 Å². The van der Waals surface area contributed by atoms with Crippen molar-refractivity contribution in [1.29, 1.82) is 0 Å². The number of nitrogens with one attached hydrogen (secondary N) is 1. The summed E-state index contributed by atoms with van der Waals surface area (Å²) in [4.78, 5) is 2.51. The topological polar surface area (TPSA) is 49.4 Å². The Balaban J connectivity index is 2.03. The third-order valence-electron chi connectivity index (χ3n) is 3.29. The summed E-state index contributed by atoms with van der Waals surface area (Å²) in [5, 5.41) is 0.495. The molecule has 0 bridgehead atoms. The standard InChI is InChI=1S/C13H18BrClN2O2S/c1-10(9-17-6-2-3-7-17)16-20(18,19)11-4-5-13(15)12(14)8-11/h4-5,8,10,16H,2-3,6-7,9H2,1H3. The van der Waals surface area contributed by atoms with Crippen molar-refractivity contribution in [3.05, 3.63) is 27.7 Å². The second kappa shape index (κ2) is 6.75. The van der Waals surface area contributed by atoms with Crippen molar-refractivity contribution in [2.75, 3.05) is 19.6 Å². The molecule has 0 saturated carbocycles. The van der Waals surface area contributed by atoms with E-state index in [1.165, 1.54) is 25.0 Å². The summed E-state index contributed by atoms with van der Waals surface area (Å²) < 4.78 is 27.9. The third kappa shape index (κ3) is 4.18. The fourth-order valence-corrected chi connectivity index (χ4v) is 4.28. The normalized spacial score (nSPS) is 18.4. The minimum atomic E-state index is -3.51. The molecule has 1 aromatic carbocycles. The van der Waals surface area contributed by atoms with E-state index >= 15 is 0 Å². The first-order chi connectivity index (χ1) is 9.38. The number of benzene rings is 1. The summed E-state index contributed by atoms with van der Waals surface area (Å²) in [5.74, 6) is 0. The highest BCUT2D eigenvalue weighted by atomic mass is 79.9. The minimum Gasteiger partial charge on any atom is -0.302 e.